The van der Waals surface area contributed by atoms with Crippen molar-refractivity contribution in [2.24, 2.45) is 5.92 Å². The summed E-state index contributed by atoms with van der Waals surface area (Å²) in [6, 6.07) is 12.8. The highest BCUT2D eigenvalue weighted by Crippen LogP contribution is 2.46. The summed E-state index contributed by atoms with van der Waals surface area (Å²) in [5.41, 5.74) is 1.55. The van der Waals surface area contributed by atoms with Gasteiger partial charge in [0.05, 0.1) is 0 Å². The molecular weight excluding hydrogens is 230 g/mol. The average molecular weight is 257 g/mol. The molecule has 1 saturated heterocycles. The van der Waals surface area contributed by atoms with Crippen molar-refractivity contribution >= 4 is 0 Å². The molecule has 19 heavy (non-hydrogen) atoms. The smallest absolute Gasteiger partial charge is 0.0354 e. The number of likely N-dealkylation sites (tertiary alicyclic amines) is 1. The third-order valence-corrected chi connectivity index (χ3v) is 5.18. The second kappa shape index (κ2) is 6.09. The topological polar surface area (TPSA) is 3.24 Å². The van der Waals surface area contributed by atoms with Crippen LogP contribution in [0.2, 0.25) is 0 Å². The van der Waals surface area contributed by atoms with Gasteiger partial charge in [-0.05, 0) is 43.7 Å². The summed E-state index contributed by atoms with van der Waals surface area (Å²) >= 11 is 0. The fourth-order valence-electron chi connectivity index (χ4n) is 4.22. The molecule has 1 aliphatic carbocycles. The molecule has 0 spiro atoms. The fourth-order valence-corrected chi connectivity index (χ4v) is 4.22. The number of unbranched alkanes of at least 4 members (excludes halogenated alkanes) is 1. The maximum absolute atomic E-state index is 2.85. The first kappa shape index (κ1) is 13.2. The normalized spacial score (nSPS) is 31.3. The molecule has 104 valence electrons. The van der Waals surface area contributed by atoms with Gasteiger partial charge in [-0.25, -0.2) is 0 Å². The molecule has 1 aromatic carbocycles. The minimum Gasteiger partial charge on any atom is -0.293 e. The predicted molar refractivity (Wildman–Crippen MR) is 81.2 cm³/mol. The zero-order valence-corrected chi connectivity index (χ0v) is 12.2. The lowest BCUT2D eigenvalue weighted by Crippen LogP contribution is -2.36. The molecule has 1 heteroatoms. The lowest BCUT2D eigenvalue weighted by molar-refractivity contribution is 0.149. The largest absolute Gasteiger partial charge is 0.293 e. The Morgan fingerprint density at radius 1 is 1.11 bits per heavy atom. The van der Waals surface area contributed by atoms with Crippen LogP contribution in [0.5, 0.6) is 0 Å². The van der Waals surface area contributed by atoms with Crippen molar-refractivity contribution < 1.29 is 0 Å². The van der Waals surface area contributed by atoms with Gasteiger partial charge in [0.25, 0.3) is 0 Å². The number of fused-ring (bicyclic) bond motifs is 1. The number of benzene rings is 1. The van der Waals surface area contributed by atoms with Crippen molar-refractivity contribution in [3.8, 4) is 0 Å². The summed E-state index contributed by atoms with van der Waals surface area (Å²) in [7, 11) is 0. The molecular formula is C18H27N. The van der Waals surface area contributed by atoms with Crippen LogP contribution in [0.3, 0.4) is 0 Å². The quantitative estimate of drug-likeness (QED) is 0.749. The number of nitrogens with zero attached hydrogens (tertiary/aromatic N) is 1. The van der Waals surface area contributed by atoms with Crippen LogP contribution in [0, 0.1) is 5.92 Å². The van der Waals surface area contributed by atoms with Crippen molar-refractivity contribution in [1.29, 1.82) is 0 Å². The van der Waals surface area contributed by atoms with E-state index in [1.807, 2.05) is 0 Å². The third kappa shape index (κ3) is 2.72. The molecule has 1 aliphatic heterocycles. The van der Waals surface area contributed by atoms with E-state index in [0.29, 0.717) is 6.04 Å². The van der Waals surface area contributed by atoms with E-state index < -0.39 is 0 Å². The molecule has 1 heterocycles. The molecule has 0 aromatic heterocycles. The Kier molecular flexibility index (Phi) is 4.22. The van der Waals surface area contributed by atoms with Crippen LogP contribution in [-0.4, -0.2) is 17.5 Å². The van der Waals surface area contributed by atoms with Gasteiger partial charge < -0.3 is 0 Å². The second-order valence-corrected chi connectivity index (χ2v) is 6.37. The molecule has 0 radical (unpaired) electrons. The Morgan fingerprint density at radius 2 is 1.89 bits per heavy atom. The maximum atomic E-state index is 2.85. The fraction of sp³-hybridized carbons (Fsp3) is 0.667. The SMILES string of the molecule is CCCCN1[C@H](c2ccccc2)C[C@@H]2CCCC[C@@H]21. The summed E-state index contributed by atoms with van der Waals surface area (Å²) in [6.45, 7) is 3.61. The van der Waals surface area contributed by atoms with Crippen molar-refractivity contribution in [3.05, 3.63) is 35.9 Å². The van der Waals surface area contributed by atoms with Crippen molar-refractivity contribution in [2.45, 2.75) is 64.0 Å². The molecule has 2 aliphatic rings. The highest BCUT2D eigenvalue weighted by atomic mass is 15.2. The van der Waals surface area contributed by atoms with E-state index >= 15 is 0 Å². The van der Waals surface area contributed by atoms with Gasteiger partial charge in [-0.2, -0.15) is 0 Å². The van der Waals surface area contributed by atoms with Crippen LogP contribution in [0.1, 0.15) is 63.5 Å². The maximum Gasteiger partial charge on any atom is 0.0354 e. The van der Waals surface area contributed by atoms with Crippen LogP contribution < -0.4 is 0 Å². The molecule has 0 unspecified atom stereocenters. The minimum absolute atomic E-state index is 0.695. The van der Waals surface area contributed by atoms with E-state index in [4.69, 9.17) is 0 Å². The Labute approximate surface area is 118 Å². The highest BCUT2D eigenvalue weighted by molar-refractivity contribution is 5.21. The van der Waals surface area contributed by atoms with Crippen molar-refractivity contribution in [2.75, 3.05) is 6.54 Å². The van der Waals surface area contributed by atoms with E-state index in [1.165, 1.54) is 51.5 Å². The van der Waals surface area contributed by atoms with Gasteiger partial charge in [0.15, 0.2) is 0 Å². The number of rotatable bonds is 4. The van der Waals surface area contributed by atoms with Crippen molar-refractivity contribution in [1.82, 2.24) is 4.90 Å². The van der Waals surface area contributed by atoms with E-state index in [-0.39, 0.29) is 0 Å². The lowest BCUT2D eigenvalue weighted by Gasteiger charge is -2.34. The zero-order chi connectivity index (χ0) is 13.1. The van der Waals surface area contributed by atoms with E-state index in [9.17, 15) is 0 Å². The third-order valence-electron chi connectivity index (χ3n) is 5.18. The van der Waals surface area contributed by atoms with E-state index in [0.717, 1.165) is 12.0 Å². The predicted octanol–water partition coefficient (Wildman–Crippen LogP) is 4.79. The summed E-state index contributed by atoms with van der Waals surface area (Å²) < 4.78 is 0. The Morgan fingerprint density at radius 3 is 2.68 bits per heavy atom. The first-order valence-corrected chi connectivity index (χ1v) is 8.21. The molecule has 0 amide bonds. The molecule has 0 N–H and O–H groups in total. The summed E-state index contributed by atoms with van der Waals surface area (Å²) in [4.78, 5) is 2.85. The van der Waals surface area contributed by atoms with Crippen LogP contribution in [-0.2, 0) is 0 Å². The molecule has 1 saturated carbocycles. The van der Waals surface area contributed by atoms with Crippen LogP contribution in [0.15, 0.2) is 30.3 Å². The van der Waals surface area contributed by atoms with Crippen LogP contribution >= 0.6 is 0 Å². The summed E-state index contributed by atoms with van der Waals surface area (Å²) in [5, 5.41) is 0. The Hall–Kier alpha value is -0.820. The van der Waals surface area contributed by atoms with Crippen LogP contribution in [0.25, 0.3) is 0 Å². The summed E-state index contributed by atoms with van der Waals surface area (Å²) in [5.74, 6) is 0.968. The second-order valence-electron chi connectivity index (χ2n) is 6.37. The minimum atomic E-state index is 0.695. The monoisotopic (exact) mass is 257 g/mol. The first-order valence-electron chi connectivity index (χ1n) is 8.21. The standard InChI is InChI=1S/C18H27N/c1-2-3-13-19-17-12-8-7-11-16(17)14-18(19)15-9-5-4-6-10-15/h4-6,9-10,16-18H,2-3,7-8,11-14H2,1H3/t16-,17-,18-/m0/s1. The van der Waals surface area contributed by atoms with Crippen molar-refractivity contribution in [3.63, 3.8) is 0 Å². The van der Waals surface area contributed by atoms with Gasteiger partial charge >= 0.3 is 0 Å². The molecule has 1 nitrogen and oxygen atoms in total. The molecule has 1 aromatic rings. The van der Waals surface area contributed by atoms with E-state index in [2.05, 4.69) is 42.2 Å². The zero-order valence-electron chi connectivity index (χ0n) is 12.2. The van der Waals surface area contributed by atoms with E-state index in [1.54, 1.807) is 5.56 Å². The molecule has 0 bridgehead atoms. The van der Waals surface area contributed by atoms with Gasteiger partial charge in [-0.3, -0.25) is 4.90 Å². The Bertz CT molecular complexity index is 386. The molecule has 3 rings (SSSR count). The van der Waals surface area contributed by atoms with Gasteiger partial charge in [0.2, 0.25) is 0 Å². The first-order chi connectivity index (χ1) is 9.40. The average Bonchev–Trinajstić information content (AvgIpc) is 2.85. The number of hydrogen-bond acceptors (Lipinski definition) is 1. The lowest BCUT2D eigenvalue weighted by atomic mass is 9.84. The van der Waals surface area contributed by atoms with Gasteiger partial charge in [-0.1, -0.05) is 56.5 Å². The number of hydrogen-bond donors (Lipinski definition) is 0. The highest BCUT2D eigenvalue weighted by Gasteiger charge is 2.41. The van der Waals surface area contributed by atoms with Gasteiger partial charge in [-0.15, -0.1) is 0 Å². The van der Waals surface area contributed by atoms with Crippen LogP contribution in [0.4, 0.5) is 0 Å². The Balaban J connectivity index is 1.80. The molecule has 3 atom stereocenters. The molecule has 2 fully saturated rings. The van der Waals surface area contributed by atoms with Gasteiger partial charge in [0, 0.05) is 12.1 Å². The van der Waals surface area contributed by atoms with Gasteiger partial charge in [0.1, 0.15) is 0 Å². The summed E-state index contributed by atoms with van der Waals surface area (Å²) in [6.07, 6.45) is 9.89.